The average molecular weight is 417 g/mol. The highest BCUT2D eigenvalue weighted by Gasteiger charge is 2.11. The molecule has 0 atom stereocenters. The van der Waals surface area contributed by atoms with Crippen molar-refractivity contribution in [2.75, 3.05) is 0 Å². The van der Waals surface area contributed by atoms with Gasteiger partial charge in [-0.2, -0.15) is 14.7 Å². The molecule has 30 heavy (non-hydrogen) atoms. The van der Waals surface area contributed by atoms with Gasteiger partial charge in [-0.15, -0.1) is 10.2 Å². The first-order valence-electron chi connectivity index (χ1n) is 9.06. The molecule has 0 radical (unpaired) electrons. The van der Waals surface area contributed by atoms with E-state index in [0.717, 1.165) is 32.6 Å². The Labute approximate surface area is 174 Å². The molecule has 9 nitrogen and oxygen atoms in total. The van der Waals surface area contributed by atoms with Crippen LogP contribution in [0.4, 0.5) is 0 Å². The van der Waals surface area contributed by atoms with E-state index in [2.05, 4.69) is 25.4 Å². The van der Waals surface area contributed by atoms with E-state index in [9.17, 15) is 4.79 Å². The van der Waals surface area contributed by atoms with Crippen LogP contribution in [-0.4, -0.2) is 45.7 Å². The van der Waals surface area contributed by atoms with Crippen LogP contribution in [0.2, 0.25) is 0 Å². The summed E-state index contributed by atoms with van der Waals surface area (Å²) in [6.45, 7) is 1.75. The minimum Gasteiger partial charge on any atom is -0.480 e. The van der Waals surface area contributed by atoms with Crippen LogP contribution in [0.15, 0.2) is 65.0 Å². The largest absolute Gasteiger partial charge is 0.480 e. The molecule has 0 aliphatic heterocycles. The Morgan fingerprint density at radius 2 is 2.00 bits per heavy atom. The van der Waals surface area contributed by atoms with Crippen LogP contribution < -0.4 is 0 Å². The topological polar surface area (TPSA) is 111 Å². The smallest absolute Gasteiger partial charge is 0.325 e. The minimum absolute atomic E-state index is 0.179. The van der Waals surface area contributed by atoms with Gasteiger partial charge < -0.3 is 5.11 Å². The van der Waals surface area contributed by atoms with Gasteiger partial charge in [0.25, 0.3) is 0 Å². The molecule has 5 aromatic rings. The zero-order valence-corrected chi connectivity index (χ0v) is 16.6. The van der Waals surface area contributed by atoms with Gasteiger partial charge in [0.05, 0.1) is 17.4 Å². The molecule has 10 heteroatoms. The molecule has 4 aromatic heterocycles. The number of benzene rings is 1. The second-order valence-electron chi connectivity index (χ2n) is 6.73. The molecule has 0 spiro atoms. The van der Waals surface area contributed by atoms with E-state index < -0.39 is 5.97 Å². The summed E-state index contributed by atoms with van der Waals surface area (Å²) in [5.41, 5.74) is 4.13. The summed E-state index contributed by atoms with van der Waals surface area (Å²) >= 11 is 1.48. The van der Waals surface area contributed by atoms with E-state index in [1.165, 1.54) is 16.4 Å². The Kier molecular flexibility index (Phi) is 4.40. The summed E-state index contributed by atoms with van der Waals surface area (Å²) < 4.78 is 3.12. The number of pyridine rings is 1. The first-order valence-corrected chi connectivity index (χ1v) is 9.88. The number of nitrogens with zero attached hydrogens (tertiary/aromatic N) is 7. The lowest BCUT2D eigenvalue weighted by Crippen LogP contribution is -2.08. The van der Waals surface area contributed by atoms with Crippen molar-refractivity contribution in [3.63, 3.8) is 0 Å². The zero-order chi connectivity index (χ0) is 20.7. The summed E-state index contributed by atoms with van der Waals surface area (Å²) in [6.07, 6.45) is 5.10. The van der Waals surface area contributed by atoms with Crippen LogP contribution in [0.5, 0.6) is 0 Å². The van der Waals surface area contributed by atoms with Gasteiger partial charge in [0, 0.05) is 33.8 Å². The Balaban J connectivity index is 1.48. The van der Waals surface area contributed by atoms with Crippen molar-refractivity contribution in [2.45, 2.75) is 23.5 Å². The minimum atomic E-state index is -0.936. The standard InChI is InChI=1S/C20H15N7O2S/c1-12-2-5-18-23-24-20(27(18)25-12)30-16-3-4-17-13(7-16)6-14(8-21-17)15-9-22-26(10-15)11-19(28)29/h2-10H,11H2,1H3,(H,28,29). The molecule has 0 unspecified atom stereocenters. The molecule has 1 aromatic carbocycles. The summed E-state index contributed by atoms with van der Waals surface area (Å²) in [5, 5.41) is 27.5. The summed E-state index contributed by atoms with van der Waals surface area (Å²) in [4.78, 5) is 16.4. The zero-order valence-electron chi connectivity index (χ0n) is 15.8. The first-order chi connectivity index (χ1) is 14.5. The Hall–Kier alpha value is -3.79. The Morgan fingerprint density at radius 1 is 1.10 bits per heavy atom. The van der Waals surface area contributed by atoms with Crippen LogP contribution >= 0.6 is 11.8 Å². The summed E-state index contributed by atoms with van der Waals surface area (Å²) in [5.74, 6) is -0.936. The molecule has 1 N–H and O–H groups in total. The Bertz CT molecular complexity index is 1410. The third kappa shape index (κ3) is 3.48. The number of aromatic nitrogens is 7. The summed E-state index contributed by atoms with van der Waals surface area (Å²) in [7, 11) is 0. The summed E-state index contributed by atoms with van der Waals surface area (Å²) in [6, 6.07) is 11.8. The van der Waals surface area contributed by atoms with Gasteiger partial charge in [-0.25, -0.2) is 0 Å². The molecule has 0 fully saturated rings. The molecule has 4 heterocycles. The molecule has 0 amide bonds. The van der Waals surface area contributed by atoms with E-state index in [1.807, 2.05) is 43.3 Å². The highest BCUT2D eigenvalue weighted by atomic mass is 32.2. The van der Waals surface area contributed by atoms with Gasteiger partial charge in [0.15, 0.2) is 5.65 Å². The lowest BCUT2D eigenvalue weighted by Gasteiger charge is -2.04. The fourth-order valence-corrected chi connectivity index (χ4v) is 3.93. The van der Waals surface area contributed by atoms with Crippen molar-refractivity contribution in [3.05, 3.63) is 60.7 Å². The third-order valence-corrected chi connectivity index (χ3v) is 5.42. The van der Waals surface area contributed by atoms with E-state index in [-0.39, 0.29) is 6.54 Å². The Morgan fingerprint density at radius 3 is 2.87 bits per heavy atom. The van der Waals surface area contributed by atoms with E-state index in [4.69, 9.17) is 5.11 Å². The van der Waals surface area contributed by atoms with Crippen LogP contribution in [-0.2, 0) is 11.3 Å². The van der Waals surface area contributed by atoms with Crippen molar-refractivity contribution < 1.29 is 9.90 Å². The molecule has 0 saturated heterocycles. The van der Waals surface area contributed by atoms with Crippen molar-refractivity contribution in [3.8, 4) is 11.1 Å². The average Bonchev–Trinajstić information content (AvgIpc) is 3.34. The van der Waals surface area contributed by atoms with E-state index in [0.29, 0.717) is 10.8 Å². The van der Waals surface area contributed by atoms with Gasteiger partial charge in [0.2, 0.25) is 5.16 Å². The van der Waals surface area contributed by atoms with Crippen molar-refractivity contribution in [2.24, 2.45) is 0 Å². The first kappa shape index (κ1) is 18.3. The number of hydrogen-bond acceptors (Lipinski definition) is 7. The van der Waals surface area contributed by atoms with Crippen molar-refractivity contribution in [1.82, 2.24) is 34.6 Å². The lowest BCUT2D eigenvalue weighted by atomic mass is 10.1. The highest BCUT2D eigenvalue weighted by Crippen LogP contribution is 2.30. The quantitative estimate of drug-likeness (QED) is 0.464. The predicted octanol–water partition coefficient (Wildman–Crippen LogP) is 3.08. The third-order valence-electron chi connectivity index (χ3n) is 4.49. The molecule has 0 saturated carbocycles. The van der Waals surface area contributed by atoms with Crippen LogP contribution in [0.3, 0.4) is 0 Å². The number of carboxylic acids is 1. The SMILES string of the molecule is Cc1ccc2nnc(Sc3ccc4ncc(-c5cnn(CC(=O)O)c5)cc4c3)n2n1. The number of carboxylic acid groups (broad SMARTS) is 1. The highest BCUT2D eigenvalue weighted by molar-refractivity contribution is 7.99. The monoisotopic (exact) mass is 417 g/mol. The maximum atomic E-state index is 10.9. The van der Waals surface area contributed by atoms with Gasteiger partial charge in [0.1, 0.15) is 6.54 Å². The predicted molar refractivity (Wildman–Crippen MR) is 110 cm³/mol. The van der Waals surface area contributed by atoms with Crippen LogP contribution in [0.25, 0.3) is 27.7 Å². The van der Waals surface area contributed by atoms with Gasteiger partial charge in [-0.05, 0) is 55.1 Å². The fourth-order valence-electron chi connectivity index (χ4n) is 3.10. The molecule has 0 aliphatic rings. The molecule has 148 valence electrons. The molecule has 0 bridgehead atoms. The van der Waals surface area contributed by atoms with Gasteiger partial charge >= 0.3 is 5.97 Å². The van der Waals surface area contributed by atoms with Crippen molar-refractivity contribution in [1.29, 1.82) is 0 Å². The molecular weight excluding hydrogens is 402 g/mol. The number of carbonyl (C=O) groups is 1. The van der Waals surface area contributed by atoms with Gasteiger partial charge in [-0.3, -0.25) is 14.5 Å². The lowest BCUT2D eigenvalue weighted by molar-refractivity contribution is -0.137. The second-order valence-corrected chi connectivity index (χ2v) is 7.77. The molecule has 0 aliphatic carbocycles. The number of hydrogen-bond donors (Lipinski definition) is 1. The number of aliphatic carboxylic acids is 1. The van der Waals surface area contributed by atoms with Crippen LogP contribution in [0.1, 0.15) is 5.69 Å². The maximum absolute atomic E-state index is 10.9. The van der Waals surface area contributed by atoms with Crippen LogP contribution in [0, 0.1) is 6.92 Å². The number of fused-ring (bicyclic) bond motifs is 2. The van der Waals surface area contributed by atoms with Gasteiger partial charge in [-0.1, -0.05) is 0 Å². The van der Waals surface area contributed by atoms with Crippen molar-refractivity contribution >= 4 is 34.3 Å². The molecular formula is C20H15N7O2S. The molecule has 5 rings (SSSR count). The number of aryl methyl sites for hydroxylation is 1. The second kappa shape index (κ2) is 7.23. The van der Waals surface area contributed by atoms with E-state index in [1.54, 1.807) is 23.1 Å². The van der Waals surface area contributed by atoms with E-state index >= 15 is 0 Å². The fraction of sp³-hybridized carbons (Fsp3) is 0.100. The normalized spacial score (nSPS) is 11.4. The maximum Gasteiger partial charge on any atom is 0.325 e. The number of rotatable bonds is 5.